The van der Waals surface area contributed by atoms with Gasteiger partial charge in [-0.3, -0.25) is 14.5 Å². The number of amides is 2. The van der Waals surface area contributed by atoms with E-state index in [2.05, 4.69) is 4.98 Å². The zero-order valence-electron chi connectivity index (χ0n) is 17.9. The molecule has 2 heterocycles. The van der Waals surface area contributed by atoms with Gasteiger partial charge in [0.05, 0.1) is 17.9 Å². The van der Waals surface area contributed by atoms with Crippen LogP contribution in [-0.2, 0) is 11.4 Å². The summed E-state index contributed by atoms with van der Waals surface area (Å²) in [7, 11) is 3.30. The van der Waals surface area contributed by atoms with Crippen molar-refractivity contribution in [3.63, 3.8) is 0 Å². The van der Waals surface area contributed by atoms with Crippen LogP contribution in [0.1, 0.15) is 20.4 Å². The van der Waals surface area contributed by atoms with Crippen molar-refractivity contribution in [3.05, 3.63) is 69.9 Å². The lowest BCUT2D eigenvalue weighted by Crippen LogP contribution is -2.50. The van der Waals surface area contributed by atoms with Crippen LogP contribution < -0.4 is 14.4 Å². The SMILES string of the molecule is Cc1nc(COc2ccc(F)cc2)sc1C(=O)N1CC(C(=O)N(C)C)Oc2ccccc21. The van der Waals surface area contributed by atoms with Crippen LogP contribution in [0.15, 0.2) is 48.5 Å². The summed E-state index contributed by atoms with van der Waals surface area (Å²) in [5, 5.41) is 0.623. The Morgan fingerprint density at radius 2 is 1.94 bits per heavy atom. The predicted octanol–water partition coefficient (Wildman–Crippen LogP) is 3.67. The first-order valence-corrected chi connectivity index (χ1v) is 10.8. The number of carbonyl (C=O) groups is 2. The molecule has 9 heteroatoms. The molecule has 1 aromatic heterocycles. The van der Waals surface area contributed by atoms with E-state index in [-0.39, 0.29) is 30.8 Å². The van der Waals surface area contributed by atoms with Crippen molar-refractivity contribution in [2.75, 3.05) is 25.5 Å². The molecular formula is C23H22FN3O4S. The van der Waals surface area contributed by atoms with Crippen molar-refractivity contribution in [2.45, 2.75) is 19.6 Å². The number of likely N-dealkylation sites (N-methyl/N-ethyl adjacent to an activating group) is 1. The summed E-state index contributed by atoms with van der Waals surface area (Å²) >= 11 is 1.24. The Bertz CT molecular complexity index is 1150. The molecular weight excluding hydrogens is 433 g/mol. The van der Waals surface area contributed by atoms with E-state index in [1.165, 1.54) is 40.5 Å². The first-order chi connectivity index (χ1) is 15.3. The largest absolute Gasteiger partial charge is 0.486 e. The van der Waals surface area contributed by atoms with E-state index in [9.17, 15) is 14.0 Å². The monoisotopic (exact) mass is 455 g/mol. The summed E-state index contributed by atoms with van der Waals surface area (Å²) in [6.45, 7) is 2.03. The van der Waals surface area contributed by atoms with E-state index < -0.39 is 6.10 Å². The lowest BCUT2D eigenvalue weighted by atomic mass is 10.1. The van der Waals surface area contributed by atoms with Crippen molar-refractivity contribution in [2.24, 2.45) is 0 Å². The third-order valence-corrected chi connectivity index (χ3v) is 6.07. The lowest BCUT2D eigenvalue weighted by Gasteiger charge is -2.34. The molecule has 0 N–H and O–H groups in total. The molecule has 7 nitrogen and oxygen atoms in total. The van der Waals surface area contributed by atoms with E-state index in [1.807, 2.05) is 6.07 Å². The number of hydrogen-bond acceptors (Lipinski definition) is 6. The summed E-state index contributed by atoms with van der Waals surface area (Å²) in [5.41, 5.74) is 1.19. The highest BCUT2D eigenvalue weighted by molar-refractivity contribution is 7.13. The maximum Gasteiger partial charge on any atom is 0.270 e. The summed E-state index contributed by atoms with van der Waals surface area (Å²) < 4.78 is 24.6. The molecule has 1 atom stereocenters. The first kappa shape index (κ1) is 21.8. The number of nitrogens with zero attached hydrogens (tertiary/aromatic N) is 3. The maximum absolute atomic E-state index is 13.5. The molecule has 166 valence electrons. The van der Waals surface area contributed by atoms with Crippen LogP contribution >= 0.6 is 11.3 Å². The number of rotatable bonds is 5. The van der Waals surface area contributed by atoms with Crippen molar-refractivity contribution >= 4 is 28.8 Å². The predicted molar refractivity (Wildman–Crippen MR) is 119 cm³/mol. The highest BCUT2D eigenvalue weighted by atomic mass is 32.1. The number of halogens is 1. The Morgan fingerprint density at radius 3 is 2.66 bits per heavy atom. The Hall–Kier alpha value is -3.46. The Kier molecular flexibility index (Phi) is 6.09. The third kappa shape index (κ3) is 4.43. The van der Waals surface area contributed by atoms with Crippen LogP contribution in [-0.4, -0.2) is 48.4 Å². The van der Waals surface area contributed by atoms with Crippen molar-refractivity contribution < 1.29 is 23.5 Å². The summed E-state index contributed by atoms with van der Waals surface area (Å²) in [6, 6.07) is 12.9. The molecule has 2 aromatic carbocycles. The molecule has 32 heavy (non-hydrogen) atoms. The van der Waals surface area contributed by atoms with Gasteiger partial charge in [-0.15, -0.1) is 11.3 Å². The van der Waals surface area contributed by atoms with Crippen LogP contribution in [0.5, 0.6) is 11.5 Å². The first-order valence-electron chi connectivity index (χ1n) is 9.97. The second-order valence-electron chi connectivity index (χ2n) is 7.49. The number of ether oxygens (including phenoxy) is 2. The van der Waals surface area contributed by atoms with Crippen molar-refractivity contribution in [1.82, 2.24) is 9.88 Å². The third-order valence-electron chi connectivity index (χ3n) is 4.95. The molecule has 4 rings (SSSR count). The van der Waals surface area contributed by atoms with Crippen molar-refractivity contribution in [3.8, 4) is 11.5 Å². The van der Waals surface area contributed by atoms with E-state index in [1.54, 1.807) is 44.1 Å². The van der Waals surface area contributed by atoms with Gasteiger partial charge in [-0.2, -0.15) is 0 Å². The summed E-state index contributed by atoms with van der Waals surface area (Å²) in [5.74, 6) is 0.188. The summed E-state index contributed by atoms with van der Waals surface area (Å²) in [6.07, 6.45) is -0.793. The second-order valence-corrected chi connectivity index (χ2v) is 8.57. The smallest absolute Gasteiger partial charge is 0.270 e. The zero-order valence-corrected chi connectivity index (χ0v) is 18.7. The number of hydrogen-bond donors (Lipinski definition) is 0. The molecule has 1 aliphatic rings. The minimum Gasteiger partial charge on any atom is -0.486 e. The highest BCUT2D eigenvalue weighted by Crippen LogP contribution is 2.35. The second kappa shape index (κ2) is 8.96. The van der Waals surface area contributed by atoms with Gasteiger partial charge in [0.25, 0.3) is 11.8 Å². The number of fused-ring (bicyclic) bond motifs is 1. The number of carbonyl (C=O) groups excluding carboxylic acids is 2. The standard InChI is InChI=1S/C23H22FN3O4S/c1-14-21(32-20(25-14)13-30-16-10-8-15(24)9-11-16)23(29)27-12-19(22(28)26(2)3)31-18-7-5-4-6-17(18)27/h4-11,19H,12-13H2,1-3H3. The minimum atomic E-state index is -0.793. The quantitative estimate of drug-likeness (QED) is 0.587. The molecule has 1 unspecified atom stereocenters. The normalized spacial score (nSPS) is 15.0. The fourth-order valence-electron chi connectivity index (χ4n) is 3.35. The number of thiazole rings is 1. The average molecular weight is 456 g/mol. The molecule has 0 bridgehead atoms. The molecule has 1 aliphatic heterocycles. The molecule has 2 amide bonds. The number of anilines is 1. The van der Waals surface area contributed by atoms with Crippen molar-refractivity contribution in [1.29, 1.82) is 0 Å². The fourth-order valence-corrected chi connectivity index (χ4v) is 4.28. The van der Waals surface area contributed by atoms with Crippen LogP contribution in [0.4, 0.5) is 10.1 Å². The molecule has 0 saturated heterocycles. The topological polar surface area (TPSA) is 72.0 Å². The van der Waals surface area contributed by atoms with Gasteiger partial charge in [0.1, 0.15) is 33.8 Å². The van der Waals surface area contributed by atoms with Gasteiger partial charge >= 0.3 is 0 Å². The minimum absolute atomic E-state index is 0.103. The Balaban J connectivity index is 1.56. The fraction of sp³-hybridized carbons (Fsp3) is 0.261. The number of para-hydroxylation sites is 2. The maximum atomic E-state index is 13.5. The van der Waals surface area contributed by atoms with Crippen LogP contribution in [0.2, 0.25) is 0 Å². The summed E-state index contributed by atoms with van der Waals surface area (Å²) in [4.78, 5) is 34.0. The van der Waals surface area contributed by atoms with Gasteiger partial charge < -0.3 is 14.4 Å². The van der Waals surface area contributed by atoms with Crippen LogP contribution in [0, 0.1) is 12.7 Å². The van der Waals surface area contributed by atoms with Gasteiger partial charge in [-0.1, -0.05) is 12.1 Å². The molecule has 0 aliphatic carbocycles. The Labute approximate surface area is 189 Å². The Morgan fingerprint density at radius 1 is 1.22 bits per heavy atom. The van der Waals surface area contributed by atoms with Gasteiger partial charge in [-0.25, -0.2) is 9.37 Å². The highest BCUT2D eigenvalue weighted by Gasteiger charge is 2.36. The van der Waals surface area contributed by atoms with Crippen LogP contribution in [0.3, 0.4) is 0 Å². The molecule has 0 saturated carbocycles. The van der Waals surface area contributed by atoms with Gasteiger partial charge in [-0.05, 0) is 43.3 Å². The number of aryl methyl sites for hydroxylation is 1. The zero-order chi connectivity index (χ0) is 22.8. The van der Waals surface area contributed by atoms with E-state index in [0.29, 0.717) is 32.8 Å². The molecule has 0 radical (unpaired) electrons. The van der Waals surface area contributed by atoms with Gasteiger partial charge in [0.2, 0.25) is 0 Å². The molecule has 0 spiro atoms. The van der Waals surface area contributed by atoms with Gasteiger partial charge in [0.15, 0.2) is 6.10 Å². The molecule has 0 fully saturated rings. The molecule has 3 aromatic rings. The number of benzene rings is 2. The lowest BCUT2D eigenvalue weighted by molar-refractivity contribution is -0.135. The number of aromatic nitrogens is 1. The van der Waals surface area contributed by atoms with E-state index >= 15 is 0 Å². The van der Waals surface area contributed by atoms with E-state index in [4.69, 9.17) is 9.47 Å². The average Bonchev–Trinajstić information content (AvgIpc) is 3.17. The van der Waals surface area contributed by atoms with Gasteiger partial charge in [0, 0.05) is 14.1 Å². The van der Waals surface area contributed by atoms with Crippen LogP contribution in [0.25, 0.3) is 0 Å². The van der Waals surface area contributed by atoms with E-state index in [0.717, 1.165) is 0 Å².